The van der Waals surface area contributed by atoms with E-state index in [0.717, 1.165) is 56.2 Å². The molecule has 9 heteroatoms. The summed E-state index contributed by atoms with van der Waals surface area (Å²) in [4.78, 5) is 13.1. The van der Waals surface area contributed by atoms with Crippen molar-refractivity contribution in [2.75, 3.05) is 52.8 Å². The van der Waals surface area contributed by atoms with E-state index in [2.05, 4.69) is 68.8 Å². The summed E-state index contributed by atoms with van der Waals surface area (Å²) >= 11 is 12.6. The van der Waals surface area contributed by atoms with Crippen LogP contribution in [0.25, 0.3) is 0 Å². The summed E-state index contributed by atoms with van der Waals surface area (Å²) in [5, 5.41) is 9.56. The van der Waals surface area contributed by atoms with E-state index in [1.54, 1.807) is 0 Å². The molecule has 0 aliphatic heterocycles. The summed E-state index contributed by atoms with van der Waals surface area (Å²) in [6.07, 6.45) is 2.87. The molecule has 0 radical (unpaired) electrons. The van der Waals surface area contributed by atoms with E-state index in [4.69, 9.17) is 0 Å². The van der Waals surface area contributed by atoms with Crippen molar-refractivity contribution in [3.8, 4) is 0 Å². The van der Waals surface area contributed by atoms with Gasteiger partial charge >= 0.3 is 0 Å². The van der Waals surface area contributed by atoms with E-state index in [0.29, 0.717) is 17.8 Å². The minimum atomic E-state index is 0.577. The molecule has 1 aromatic heterocycles. The smallest absolute Gasteiger partial charge is 0.229 e. The topological polar surface area (TPSA) is 74.8 Å². The quantitative estimate of drug-likeness (QED) is 0.257. The highest BCUT2D eigenvalue weighted by molar-refractivity contribution is 7.80. The fourth-order valence-electron chi connectivity index (χ4n) is 1.45. The lowest BCUT2D eigenvalue weighted by molar-refractivity contribution is 0.910. The zero-order chi connectivity index (χ0) is 15.3. The van der Waals surface area contributed by atoms with Gasteiger partial charge in [0.05, 0.1) is 0 Å². The summed E-state index contributed by atoms with van der Waals surface area (Å²) in [6, 6.07) is 0. The van der Waals surface area contributed by atoms with Crippen molar-refractivity contribution in [2.24, 2.45) is 0 Å². The normalized spacial score (nSPS) is 10.4. The van der Waals surface area contributed by atoms with Crippen molar-refractivity contribution in [1.29, 1.82) is 0 Å². The van der Waals surface area contributed by atoms with Gasteiger partial charge in [0.2, 0.25) is 17.8 Å². The number of nitrogens with one attached hydrogen (secondary N) is 3. The molecule has 1 aromatic rings. The molecule has 0 amide bonds. The molecule has 0 atom stereocenters. The Balaban J connectivity index is 2.65. The molecule has 1 rings (SSSR count). The van der Waals surface area contributed by atoms with Crippen LogP contribution in [0.1, 0.15) is 19.3 Å². The number of hydrogen-bond acceptors (Lipinski definition) is 9. The van der Waals surface area contributed by atoms with Crippen LogP contribution in [0, 0.1) is 0 Å². The Morgan fingerprint density at radius 2 is 0.857 bits per heavy atom. The third-order valence-corrected chi connectivity index (χ3v) is 3.44. The summed E-state index contributed by atoms with van der Waals surface area (Å²) in [6.45, 7) is 2.37. The highest BCUT2D eigenvalue weighted by Gasteiger charge is 2.05. The summed E-state index contributed by atoms with van der Waals surface area (Å²) < 4.78 is 0. The van der Waals surface area contributed by atoms with Crippen molar-refractivity contribution in [2.45, 2.75) is 19.3 Å². The van der Waals surface area contributed by atoms with Gasteiger partial charge in [0.15, 0.2) is 0 Å². The molecule has 0 aliphatic carbocycles. The van der Waals surface area contributed by atoms with Crippen molar-refractivity contribution in [3.63, 3.8) is 0 Å². The monoisotopic (exact) mass is 348 g/mol. The molecule has 3 N–H and O–H groups in total. The molecule has 120 valence electrons. The molecule has 0 spiro atoms. The minimum Gasteiger partial charge on any atom is -0.354 e. The Morgan fingerprint density at radius 3 is 1.10 bits per heavy atom. The summed E-state index contributed by atoms with van der Waals surface area (Å²) in [5.41, 5.74) is 0. The fourth-order valence-corrected chi connectivity index (χ4v) is 1.93. The van der Waals surface area contributed by atoms with Crippen molar-refractivity contribution in [1.82, 2.24) is 15.0 Å². The number of aromatic nitrogens is 3. The second-order valence-electron chi connectivity index (χ2n) is 4.32. The molecule has 21 heavy (non-hydrogen) atoms. The Hall–Kier alpha value is -0.540. The fraction of sp³-hybridized carbons (Fsp3) is 0.750. The van der Waals surface area contributed by atoms with E-state index in [-0.39, 0.29) is 0 Å². The van der Waals surface area contributed by atoms with Crippen LogP contribution in [-0.4, -0.2) is 51.8 Å². The Bertz CT molecular complexity index is 324. The van der Waals surface area contributed by atoms with Gasteiger partial charge in [0.1, 0.15) is 0 Å². The molecular weight excluding hydrogens is 324 g/mol. The Morgan fingerprint density at radius 1 is 0.571 bits per heavy atom. The molecule has 0 aromatic carbocycles. The highest BCUT2D eigenvalue weighted by Crippen LogP contribution is 2.09. The third-order valence-electron chi connectivity index (χ3n) is 2.49. The standard InChI is InChI=1S/C12H24N6S3/c19-7-1-4-13-10-16-11(14-5-2-8-20)18-12(17-10)15-6-3-9-21/h19-21H,1-9H2,(H3,13,14,15,16,17,18). The maximum atomic E-state index is 4.36. The predicted octanol–water partition coefficient (Wildman–Crippen LogP) is 2.07. The molecular formula is C12H24N6S3. The van der Waals surface area contributed by atoms with Gasteiger partial charge in [0.25, 0.3) is 0 Å². The lowest BCUT2D eigenvalue weighted by atomic mass is 10.5. The van der Waals surface area contributed by atoms with Crippen molar-refractivity contribution >= 4 is 55.7 Å². The first-order chi connectivity index (χ1) is 10.3. The molecule has 6 nitrogen and oxygen atoms in total. The first kappa shape index (κ1) is 18.5. The van der Waals surface area contributed by atoms with Crippen LogP contribution in [0.15, 0.2) is 0 Å². The number of rotatable bonds is 12. The predicted molar refractivity (Wildman–Crippen MR) is 101 cm³/mol. The third kappa shape index (κ3) is 8.47. The second-order valence-corrected chi connectivity index (χ2v) is 5.66. The van der Waals surface area contributed by atoms with E-state index in [1.807, 2.05) is 0 Å². The molecule has 0 saturated heterocycles. The molecule has 0 fully saturated rings. The molecule has 0 aliphatic rings. The van der Waals surface area contributed by atoms with Gasteiger partial charge in [-0.15, -0.1) is 0 Å². The van der Waals surface area contributed by atoms with Gasteiger partial charge in [-0.2, -0.15) is 52.8 Å². The number of nitrogens with zero attached hydrogens (tertiary/aromatic N) is 3. The Kier molecular flexibility index (Phi) is 10.6. The average molecular weight is 349 g/mol. The first-order valence-corrected chi connectivity index (χ1v) is 9.00. The van der Waals surface area contributed by atoms with E-state index in [1.165, 1.54) is 0 Å². The zero-order valence-electron chi connectivity index (χ0n) is 12.0. The van der Waals surface area contributed by atoms with Gasteiger partial charge < -0.3 is 16.0 Å². The van der Waals surface area contributed by atoms with Crippen LogP contribution in [0.5, 0.6) is 0 Å². The van der Waals surface area contributed by atoms with Gasteiger partial charge in [0, 0.05) is 19.6 Å². The first-order valence-electron chi connectivity index (χ1n) is 7.10. The summed E-state index contributed by atoms with van der Waals surface area (Å²) in [7, 11) is 0. The lowest BCUT2D eigenvalue weighted by Crippen LogP contribution is -2.14. The van der Waals surface area contributed by atoms with Crippen LogP contribution in [-0.2, 0) is 0 Å². The Labute approximate surface area is 142 Å². The van der Waals surface area contributed by atoms with E-state index < -0.39 is 0 Å². The highest BCUT2D eigenvalue weighted by atomic mass is 32.1. The average Bonchev–Trinajstić information content (AvgIpc) is 2.48. The molecule has 1 heterocycles. The molecule has 0 saturated carbocycles. The largest absolute Gasteiger partial charge is 0.354 e. The van der Waals surface area contributed by atoms with Gasteiger partial charge in [-0.05, 0) is 36.5 Å². The molecule has 0 bridgehead atoms. The van der Waals surface area contributed by atoms with Crippen molar-refractivity contribution in [3.05, 3.63) is 0 Å². The lowest BCUT2D eigenvalue weighted by Gasteiger charge is -2.10. The van der Waals surface area contributed by atoms with Gasteiger partial charge in [-0.1, -0.05) is 0 Å². The van der Waals surface area contributed by atoms with Crippen LogP contribution < -0.4 is 16.0 Å². The van der Waals surface area contributed by atoms with Gasteiger partial charge in [-0.3, -0.25) is 0 Å². The van der Waals surface area contributed by atoms with Crippen LogP contribution in [0.2, 0.25) is 0 Å². The minimum absolute atomic E-state index is 0.577. The second kappa shape index (κ2) is 12.0. The zero-order valence-corrected chi connectivity index (χ0v) is 14.7. The summed E-state index contributed by atoms with van der Waals surface area (Å²) in [5.74, 6) is 4.23. The van der Waals surface area contributed by atoms with Crippen molar-refractivity contribution < 1.29 is 0 Å². The van der Waals surface area contributed by atoms with E-state index >= 15 is 0 Å². The van der Waals surface area contributed by atoms with Crippen LogP contribution in [0.3, 0.4) is 0 Å². The SMILES string of the molecule is SCCCNc1nc(NCCCS)nc(NCCCS)n1. The maximum absolute atomic E-state index is 4.36. The number of hydrogen-bond donors (Lipinski definition) is 6. The maximum Gasteiger partial charge on any atom is 0.229 e. The number of anilines is 3. The number of thiol groups is 3. The van der Waals surface area contributed by atoms with Gasteiger partial charge in [-0.25, -0.2) is 0 Å². The van der Waals surface area contributed by atoms with Crippen LogP contribution >= 0.6 is 37.9 Å². The van der Waals surface area contributed by atoms with Crippen LogP contribution in [0.4, 0.5) is 17.8 Å². The molecule has 0 unspecified atom stereocenters. The van der Waals surface area contributed by atoms with E-state index in [9.17, 15) is 0 Å².